The van der Waals surface area contributed by atoms with E-state index in [1.165, 1.54) is 0 Å². The Kier molecular flexibility index (Phi) is 3.98. The highest BCUT2D eigenvalue weighted by atomic mass is 16.4. The van der Waals surface area contributed by atoms with Gasteiger partial charge in [-0.05, 0) is 57.5 Å². The van der Waals surface area contributed by atoms with E-state index in [9.17, 15) is 9.90 Å². The van der Waals surface area contributed by atoms with E-state index >= 15 is 0 Å². The third kappa shape index (κ3) is 2.64. The van der Waals surface area contributed by atoms with E-state index in [2.05, 4.69) is 16.8 Å². The number of phenols is 1. The lowest BCUT2D eigenvalue weighted by molar-refractivity contribution is -0.113. The van der Waals surface area contributed by atoms with Gasteiger partial charge >= 0.3 is 0 Å². The molecule has 1 aliphatic rings. The number of likely N-dealkylation sites (tertiary alicyclic amines) is 1. The summed E-state index contributed by atoms with van der Waals surface area (Å²) < 4.78 is 5.74. The lowest BCUT2D eigenvalue weighted by Gasteiger charge is -2.26. The number of aldehydes is 1. The Bertz CT molecular complexity index is 663. The second kappa shape index (κ2) is 5.93. The van der Waals surface area contributed by atoms with Crippen molar-refractivity contribution in [2.24, 2.45) is 0 Å². The van der Waals surface area contributed by atoms with Gasteiger partial charge in [-0.25, -0.2) is 4.98 Å². The summed E-state index contributed by atoms with van der Waals surface area (Å²) in [6, 6.07) is 6.70. The first-order valence-electron chi connectivity index (χ1n) is 7.58. The summed E-state index contributed by atoms with van der Waals surface area (Å²) in [4.78, 5) is 18.3. The van der Waals surface area contributed by atoms with Crippen LogP contribution in [0.3, 0.4) is 0 Å². The maximum Gasteiger partial charge on any atom is 0.226 e. The van der Waals surface area contributed by atoms with Crippen LogP contribution in [-0.4, -0.2) is 33.9 Å². The van der Waals surface area contributed by atoms with Crippen LogP contribution in [0.4, 0.5) is 0 Å². The van der Waals surface area contributed by atoms with Gasteiger partial charge in [0.05, 0.1) is 0 Å². The van der Waals surface area contributed by atoms with E-state index in [0.717, 1.165) is 31.2 Å². The molecule has 0 saturated carbocycles. The van der Waals surface area contributed by atoms with Crippen molar-refractivity contribution in [3.63, 3.8) is 0 Å². The standard InChI is InChI=1S/C17H20N2O3/c1-11-4-3-9-19(11)15(10-20)16-12(2)22-17(18-16)13-5-7-14(21)8-6-13/h5-8,10-11,15,21H,3-4,9H2,1-2H3/t11-,15?/m1/s1. The Morgan fingerprint density at radius 1 is 1.41 bits per heavy atom. The van der Waals surface area contributed by atoms with Gasteiger partial charge in [0.2, 0.25) is 5.89 Å². The molecule has 116 valence electrons. The fourth-order valence-corrected chi connectivity index (χ4v) is 3.08. The topological polar surface area (TPSA) is 66.6 Å². The number of hydrogen-bond donors (Lipinski definition) is 1. The number of aromatic nitrogens is 1. The third-order valence-corrected chi connectivity index (χ3v) is 4.32. The van der Waals surface area contributed by atoms with E-state index in [1.54, 1.807) is 24.3 Å². The molecule has 2 heterocycles. The zero-order valence-corrected chi connectivity index (χ0v) is 12.8. The molecule has 1 N–H and O–H groups in total. The van der Waals surface area contributed by atoms with Crippen molar-refractivity contribution in [2.75, 3.05) is 6.54 Å². The van der Waals surface area contributed by atoms with Crippen molar-refractivity contribution >= 4 is 6.29 Å². The third-order valence-electron chi connectivity index (χ3n) is 4.32. The molecule has 22 heavy (non-hydrogen) atoms. The van der Waals surface area contributed by atoms with Crippen LogP contribution in [0.5, 0.6) is 5.75 Å². The van der Waals surface area contributed by atoms with Gasteiger partial charge < -0.3 is 14.3 Å². The average Bonchev–Trinajstić information content (AvgIpc) is 3.09. The van der Waals surface area contributed by atoms with Gasteiger partial charge in [-0.3, -0.25) is 4.90 Å². The predicted molar refractivity (Wildman–Crippen MR) is 82.5 cm³/mol. The van der Waals surface area contributed by atoms with Gasteiger partial charge in [0.1, 0.15) is 29.5 Å². The van der Waals surface area contributed by atoms with Crippen LogP contribution in [0.2, 0.25) is 0 Å². The Morgan fingerprint density at radius 3 is 2.73 bits per heavy atom. The number of oxazole rings is 1. The molecule has 1 aromatic heterocycles. The van der Waals surface area contributed by atoms with Crippen molar-refractivity contribution in [2.45, 2.75) is 38.8 Å². The van der Waals surface area contributed by atoms with Crippen LogP contribution < -0.4 is 0 Å². The molecule has 2 atom stereocenters. The molecule has 0 amide bonds. The zero-order valence-electron chi connectivity index (χ0n) is 12.8. The van der Waals surface area contributed by atoms with Gasteiger partial charge in [-0.2, -0.15) is 0 Å². The monoisotopic (exact) mass is 300 g/mol. The first-order valence-corrected chi connectivity index (χ1v) is 7.58. The quantitative estimate of drug-likeness (QED) is 0.879. The van der Waals surface area contributed by atoms with E-state index < -0.39 is 0 Å². The summed E-state index contributed by atoms with van der Waals surface area (Å²) >= 11 is 0. The number of aromatic hydroxyl groups is 1. The Morgan fingerprint density at radius 2 is 2.14 bits per heavy atom. The maximum atomic E-state index is 11.6. The normalized spacial score (nSPS) is 20.2. The first kappa shape index (κ1) is 14.8. The van der Waals surface area contributed by atoms with Gasteiger partial charge in [0.25, 0.3) is 0 Å². The predicted octanol–water partition coefficient (Wildman–Crippen LogP) is 3.08. The fraction of sp³-hybridized carbons (Fsp3) is 0.412. The number of carbonyl (C=O) groups excluding carboxylic acids is 1. The number of carbonyl (C=O) groups is 1. The average molecular weight is 300 g/mol. The minimum Gasteiger partial charge on any atom is -0.508 e. The molecule has 0 radical (unpaired) electrons. The van der Waals surface area contributed by atoms with E-state index in [0.29, 0.717) is 23.4 Å². The molecule has 5 heteroatoms. The lowest BCUT2D eigenvalue weighted by Crippen LogP contribution is -2.33. The Labute approximate surface area is 129 Å². The second-order valence-corrected chi connectivity index (χ2v) is 5.82. The molecule has 0 bridgehead atoms. The van der Waals surface area contributed by atoms with E-state index in [4.69, 9.17) is 4.42 Å². The SMILES string of the molecule is Cc1oc(-c2ccc(O)cc2)nc1C(C=O)N1CCC[C@H]1C. The van der Waals surface area contributed by atoms with Gasteiger partial charge in [-0.1, -0.05) is 0 Å². The van der Waals surface area contributed by atoms with Crippen molar-refractivity contribution in [3.8, 4) is 17.2 Å². The fourth-order valence-electron chi connectivity index (χ4n) is 3.08. The molecule has 0 aliphatic carbocycles. The highest BCUT2D eigenvalue weighted by Gasteiger charge is 2.32. The summed E-state index contributed by atoms with van der Waals surface area (Å²) in [6.45, 7) is 4.88. The number of hydrogen-bond acceptors (Lipinski definition) is 5. The van der Waals surface area contributed by atoms with Crippen LogP contribution in [-0.2, 0) is 4.79 Å². The van der Waals surface area contributed by atoms with Crippen LogP contribution >= 0.6 is 0 Å². The smallest absolute Gasteiger partial charge is 0.226 e. The molecule has 1 unspecified atom stereocenters. The van der Waals surface area contributed by atoms with Crippen LogP contribution in [0.25, 0.3) is 11.5 Å². The lowest BCUT2D eigenvalue weighted by atomic mass is 10.1. The molecule has 0 spiro atoms. The maximum absolute atomic E-state index is 11.6. The van der Waals surface area contributed by atoms with E-state index in [-0.39, 0.29) is 11.8 Å². The molecule has 1 aromatic carbocycles. The first-order chi connectivity index (χ1) is 10.6. The zero-order chi connectivity index (χ0) is 15.7. The van der Waals surface area contributed by atoms with Crippen LogP contribution in [0, 0.1) is 6.92 Å². The molecule has 5 nitrogen and oxygen atoms in total. The highest BCUT2D eigenvalue weighted by molar-refractivity contribution is 5.63. The number of aryl methyl sites for hydroxylation is 1. The van der Waals surface area contributed by atoms with E-state index in [1.807, 2.05) is 6.92 Å². The molecule has 3 rings (SSSR count). The minimum atomic E-state index is -0.355. The summed E-state index contributed by atoms with van der Waals surface area (Å²) in [6.07, 6.45) is 3.16. The van der Waals surface area contributed by atoms with Gasteiger partial charge in [0, 0.05) is 11.6 Å². The minimum absolute atomic E-state index is 0.198. The number of benzene rings is 1. The molecule has 1 saturated heterocycles. The number of rotatable bonds is 4. The second-order valence-electron chi connectivity index (χ2n) is 5.82. The highest BCUT2D eigenvalue weighted by Crippen LogP contribution is 2.32. The van der Waals surface area contributed by atoms with Gasteiger partial charge in [0.15, 0.2) is 0 Å². The molecular formula is C17H20N2O3. The molecule has 2 aromatic rings. The molecular weight excluding hydrogens is 280 g/mol. The number of nitrogens with zero attached hydrogens (tertiary/aromatic N) is 2. The molecule has 1 fully saturated rings. The Hall–Kier alpha value is -2.14. The van der Waals surface area contributed by atoms with Crippen molar-refractivity contribution in [3.05, 3.63) is 35.7 Å². The van der Waals surface area contributed by atoms with Gasteiger partial charge in [-0.15, -0.1) is 0 Å². The largest absolute Gasteiger partial charge is 0.508 e. The molecule has 1 aliphatic heterocycles. The van der Waals surface area contributed by atoms with Crippen molar-refractivity contribution in [1.29, 1.82) is 0 Å². The summed E-state index contributed by atoms with van der Waals surface area (Å²) in [5, 5.41) is 9.36. The number of phenolic OH excluding ortho intramolecular Hbond substituents is 1. The summed E-state index contributed by atoms with van der Waals surface area (Å²) in [5.41, 5.74) is 1.47. The van der Waals surface area contributed by atoms with Crippen molar-refractivity contribution in [1.82, 2.24) is 9.88 Å². The summed E-state index contributed by atoms with van der Waals surface area (Å²) in [7, 11) is 0. The Balaban J connectivity index is 1.94. The van der Waals surface area contributed by atoms with Crippen molar-refractivity contribution < 1.29 is 14.3 Å². The van der Waals surface area contributed by atoms with Crippen LogP contribution in [0.15, 0.2) is 28.7 Å². The summed E-state index contributed by atoms with van der Waals surface area (Å²) in [5.74, 6) is 1.34. The van der Waals surface area contributed by atoms with Crippen LogP contribution in [0.1, 0.15) is 37.3 Å².